The molecule has 1 saturated carbocycles. The monoisotopic (exact) mass is 241 g/mol. The van der Waals surface area contributed by atoms with E-state index in [9.17, 15) is 9.59 Å². The number of carboxylic acids is 1. The molecule has 0 radical (unpaired) electrons. The predicted octanol–water partition coefficient (Wildman–Crippen LogP) is 2.04. The summed E-state index contributed by atoms with van der Waals surface area (Å²) in [5, 5.41) is 11.8. The fourth-order valence-corrected chi connectivity index (χ4v) is 1.40. The second-order valence-corrected chi connectivity index (χ2v) is 6.70. The van der Waals surface area contributed by atoms with Gasteiger partial charge in [0.25, 0.3) is 0 Å². The Hall–Kier alpha value is -1.06. The van der Waals surface area contributed by atoms with E-state index in [2.05, 4.69) is 39.9 Å². The molecule has 0 aromatic heterocycles. The number of hydrogen-bond acceptors (Lipinski definition) is 2. The van der Waals surface area contributed by atoms with Crippen LogP contribution in [0.25, 0.3) is 0 Å². The van der Waals surface area contributed by atoms with Crippen molar-refractivity contribution < 1.29 is 14.7 Å². The van der Waals surface area contributed by atoms with Gasteiger partial charge in [0.15, 0.2) is 0 Å². The summed E-state index contributed by atoms with van der Waals surface area (Å²) in [4.78, 5) is 22.8. The van der Waals surface area contributed by atoms with E-state index in [0.29, 0.717) is 19.4 Å². The standard InChI is InChI=1S/C13H23NO3/c1-11(2,3)12(4,5)8-14-9(15)13(6-7-13)10(16)17/h6-8H2,1-5H3,(H,14,15)(H,16,17). The van der Waals surface area contributed by atoms with Crippen molar-refractivity contribution in [2.24, 2.45) is 16.2 Å². The van der Waals surface area contributed by atoms with E-state index in [-0.39, 0.29) is 16.7 Å². The van der Waals surface area contributed by atoms with Crippen LogP contribution in [-0.2, 0) is 9.59 Å². The van der Waals surface area contributed by atoms with Crippen LogP contribution in [-0.4, -0.2) is 23.5 Å². The van der Waals surface area contributed by atoms with Crippen LogP contribution in [0.1, 0.15) is 47.5 Å². The van der Waals surface area contributed by atoms with Gasteiger partial charge in [-0.3, -0.25) is 9.59 Å². The topological polar surface area (TPSA) is 66.4 Å². The van der Waals surface area contributed by atoms with Gasteiger partial charge in [0.2, 0.25) is 5.91 Å². The Bertz CT molecular complexity index is 335. The van der Waals surface area contributed by atoms with Crippen molar-refractivity contribution in [1.29, 1.82) is 0 Å². The molecule has 1 rings (SSSR count). The Balaban J connectivity index is 2.58. The molecular formula is C13H23NO3. The number of hydrogen-bond donors (Lipinski definition) is 2. The number of aliphatic carboxylic acids is 1. The lowest BCUT2D eigenvalue weighted by molar-refractivity contribution is -0.149. The molecule has 0 spiro atoms. The van der Waals surface area contributed by atoms with Gasteiger partial charge >= 0.3 is 5.97 Å². The molecule has 0 unspecified atom stereocenters. The fourth-order valence-electron chi connectivity index (χ4n) is 1.40. The highest BCUT2D eigenvalue weighted by Crippen LogP contribution is 2.46. The van der Waals surface area contributed by atoms with Crippen LogP contribution in [0.15, 0.2) is 0 Å². The van der Waals surface area contributed by atoms with Gasteiger partial charge in [-0.1, -0.05) is 34.6 Å². The minimum atomic E-state index is -1.13. The normalized spacial score (nSPS) is 18.6. The molecule has 2 N–H and O–H groups in total. The summed E-state index contributed by atoms with van der Waals surface area (Å²) in [5.74, 6) is -1.33. The zero-order valence-electron chi connectivity index (χ0n) is 11.4. The largest absolute Gasteiger partial charge is 0.480 e. The zero-order valence-corrected chi connectivity index (χ0v) is 11.4. The van der Waals surface area contributed by atoms with Gasteiger partial charge in [-0.2, -0.15) is 0 Å². The van der Waals surface area contributed by atoms with Crippen LogP contribution in [0.4, 0.5) is 0 Å². The Kier molecular flexibility index (Phi) is 3.29. The van der Waals surface area contributed by atoms with Crippen LogP contribution in [0.2, 0.25) is 0 Å². The Morgan fingerprint density at radius 3 is 1.94 bits per heavy atom. The Morgan fingerprint density at radius 1 is 1.18 bits per heavy atom. The van der Waals surface area contributed by atoms with Crippen LogP contribution >= 0.6 is 0 Å². The summed E-state index contributed by atoms with van der Waals surface area (Å²) in [7, 11) is 0. The highest BCUT2D eigenvalue weighted by Gasteiger charge is 2.57. The maximum Gasteiger partial charge on any atom is 0.319 e. The minimum Gasteiger partial charge on any atom is -0.480 e. The van der Waals surface area contributed by atoms with Crippen LogP contribution < -0.4 is 5.32 Å². The molecule has 1 amide bonds. The maximum absolute atomic E-state index is 11.9. The Labute approximate surface area is 103 Å². The third-order valence-corrected chi connectivity index (χ3v) is 4.32. The number of carbonyl (C=O) groups is 2. The predicted molar refractivity (Wildman–Crippen MR) is 65.5 cm³/mol. The second kappa shape index (κ2) is 4.00. The van der Waals surface area contributed by atoms with Crippen molar-refractivity contribution in [1.82, 2.24) is 5.32 Å². The van der Waals surface area contributed by atoms with E-state index in [1.807, 2.05) is 0 Å². The summed E-state index contributed by atoms with van der Waals surface area (Å²) in [5.41, 5.74) is -1.15. The molecule has 0 aromatic rings. The van der Waals surface area contributed by atoms with Crippen molar-refractivity contribution in [2.75, 3.05) is 6.54 Å². The smallest absolute Gasteiger partial charge is 0.319 e. The van der Waals surface area contributed by atoms with Crippen molar-refractivity contribution in [3.63, 3.8) is 0 Å². The van der Waals surface area contributed by atoms with Crippen molar-refractivity contribution >= 4 is 11.9 Å². The van der Waals surface area contributed by atoms with Gasteiger partial charge in [0.05, 0.1) is 0 Å². The van der Waals surface area contributed by atoms with E-state index < -0.39 is 11.4 Å². The molecule has 0 bridgehead atoms. The van der Waals surface area contributed by atoms with E-state index in [4.69, 9.17) is 5.11 Å². The minimum absolute atomic E-state index is 0.0558. The molecule has 98 valence electrons. The van der Waals surface area contributed by atoms with Gasteiger partial charge in [0.1, 0.15) is 5.41 Å². The first-order valence-corrected chi connectivity index (χ1v) is 6.05. The molecule has 0 heterocycles. The second-order valence-electron chi connectivity index (χ2n) is 6.70. The van der Waals surface area contributed by atoms with E-state index in [1.54, 1.807) is 0 Å². The van der Waals surface area contributed by atoms with Gasteiger partial charge in [0, 0.05) is 6.54 Å². The van der Waals surface area contributed by atoms with Crippen molar-refractivity contribution in [3.05, 3.63) is 0 Å². The maximum atomic E-state index is 11.9. The zero-order chi connectivity index (χ0) is 13.5. The lowest BCUT2D eigenvalue weighted by Gasteiger charge is -2.39. The molecular weight excluding hydrogens is 218 g/mol. The summed E-state index contributed by atoms with van der Waals surface area (Å²) in [6, 6.07) is 0. The molecule has 0 aliphatic heterocycles. The third-order valence-electron chi connectivity index (χ3n) is 4.32. The van der Waals surface area contributed by atoms with Gasteiger partial charge in [-0.15, -0.1) is 0 Å². The number of carbonyl (C=O) groups excluding carboxylic acids is 1. The molecule has 4 heteroatoms. The van der Waals surface area contributed by atoms with E-state index in [1.165, 1.54) is 0 Å². The van der Waals surface area contributed by atoms with E-state index in [0.717, 1.165) is 0 Å². The lowest BCUT2D eigenvalue weighted by Crippen LogP contribution is -2.45. The quantitative estimate of drug-likeness (QED) is 0.740. The van der Waals surface area contributed by atoms with E-state index >= 15 is 0 Å². The SMILES string of the molecule is CC(C)(C)C(C)(C)CNC(=O)C1(C(=O)O)CC1. The number of carboxylic acid groups (broad SMARTS) is 1. The average molecular weight is 241 g/mol. The number of amides is 1. The fraction of sp³-hybridized carbons (Fsp3) is 0.846. The van der Waals surface area contributed by atoms with Crippen molar-refractivity contribution in [3.8, 4) is 0 Å². The van der Waals surface area contributed by atoms with Crippen molar-refractivity contribution in [2.45, 2.75) is 47.5 Å². The molecule has 1 aliphatic rings. The van der Waals surface area contributed by atoms with Gasteiger partial charge in [-0.25, -0.2) is 0 Å². The number of rotatable bonds is 4. The first-order chi connectivity index (χ1) is 7.53. The lowest BCUT2D eigenvalue weighted by atomic mass is 9.69. The molecule has 0 atom stereocenters. The Morgan fingerprint density at radius 2 is 1.65 bits per heavy atom. The first-order valence-electron chi connectivity index (χ1n) is 6.05. The molecule has 1 aliphatic carbocycles. The number of nitrogens with one attached hydrogen (secondary N) is 1. The molecule has 0 saturated heterocycles. The molecule has 1 fully saturated rings. The summed E-state index contributed by atoms with van der Waals surface area (Å²) >= 11 is 0. The van der Waals surface area contributed by atoms with Crippen LogP contribution in [0.5, 0.6) is 0 Å². The average Bonchev–Trinajstić information content (AvgIpc) is 2.92. The highest BCUT2D eigenvalue weighted by molar-refractivity contribution is 6.04. The van der Waals surface area contributed by atoms with Gasteiger partial charge in [-0.05, 0) is 23.7 Å². The van der Waals surface area contributed by atoms with Crippen LogP contribution in [0.3, 0.4) is 0 Å². The molecule has 17 heavy (non-hydrogen) atoms. The first kappa shape index (κ1) is 14.0. The third kappa shape index (κ3) is 2.61. The van der Waals surface area contributed by atoms with Crippen LogP contribution in [0, 0.1) is 16.2 Å². The van der Waals surface area contributed by atoms with Gasteiger partial charge < -0.3 is 10.4 Å². The molecule has 0 aromatic carbocycles. The molecule has 4 nitrogen and oxygen atoms in total. The summed E-state index contributed by atoms with van der Waals surface area (Å²) in [6.07, 6.45) is 0.925. The summed E-state index contributed by atoms with van der Waals surface area (Å²) in [6.45, 7) is 11.0. The highest BCUT2D eigenvalue weighted by atomic mass is 16.4. The summed E-state index contributed by atoms with van der Waals surface area (Å²) < 4.78 is 0.